The molecule has 0 aliphatic carbocycles. The normalized spacial score (nSPS) is 10.3. The van der Waals surface area contributed by atoms with Crippen molar-refractivity contribution in [2.75, 3.05) is 13.2 Å². The maximum Gasteiger partial charge on any atom is 0.315 e. The number of fused-ring (bicyclic) bond motifs is 1. The molecule has 0 bridgehead atoms. The molecule has 2 N–H and O–H groups in total. The van der Waals surface area contributed by atoms with Gasteiger partial charge < -0.3 is 15.4 Å². The summed E-state index contributed by atoms with van der Waals surface area (Å²) in [5, 5.41) is 8.01. The van der Waals surface area contributed by atoms with Crippen molar-refractivity contribution in [2.45, 2.75) is 6.54 Å². The van der Waals surface area contributed by atoms with Crippen molar-refractivity contribution in [3.63, 3.8) is 0 Å². The summed E-state index contributed by atoms with van der Waals surface area (Å²) in [6.07, 6.45) is 0. The lowest BCUT2D eigenvalue weighted by Gasteiger charge is -2.10. The molecule has 0 atom stereocenters. The van der Waals surface area contributed by atoms with Crippen LogP contribution in [0.1, 0.15) is 5.56 Å². The van der Waals surface area contributed by atoms with Crippen molar-refractivity contribution in [1.82, 2.24) is 10.6 Å². The van der Waals surface area contributed by atoms with Crippen LogP contribution in [0, 0.1) is 0 Å². The SMILES string of the molecule is O=C(NCCOc1ccccc1)NCc1cccc2ccccc12. The van der Waals surface area contributed by atoms with Crippen LogP contribution in [0.15, 0.2) is 72.8 Å². The lowest BCUT2D eigenvalue weighted by molar-refractivity contribution is 0.236. The van der Waals surface area contributed by atoms with E-state index in [2.05, 4.69) is 28.8 Å². The summed E-state index contributed by atoms with van der Waals surface area (Å²) >= 11 is 0. The second-order valence-corrected chi connectivity index (χ2v) is 5.41. The molecule has 4 nitrogen and oxygen atoms in total. The van der Waals surface area contributed by atoms with Crippen LogP contribution >= 0.6 is 0 Å². The van der Waals surface area contributed by atoms with E-state index in [1.54, 1.807) is 0 Å². The van der Waals surface area contributed by atoms with E-state index >= 15 is 0 Å². The zero-order chi connectivity index (χ0) is 16.6. The summed E-state index contributed by atoms with van der Waals surface area (Å²) in [5.41, 5.74) is 1.10. The smallest absolute Gasteiger partial charge is 0.315 e. The highest BCUT2D eigenvalue weighted by Crippen LogP contribution is 2.18. The Morgan fingerprint density at radius 2 is 1.58 bits per heavy atom. The van der Waals surface area contributed by atoms with Crippen molar-refractivity contribution in [3.05, 3.63) is 78.4 Å². The fourth-order valence-electron chi connectivity index (χ4n) is 2.53. The number of hydrogen-bond donors (Lipinski definition) is 2. The average Bonchev–Trinajstić information content (AvgIpc) is 2.64. The number of urea groups is 1. The van der Waals surface area contributed by atoms with Crippen molar-refractivity contribution >= 4 is 16.8 Å². The van der Waals surface area contributed by atoms with Crippen LogP contribution in [0.25, 0.3) is 10.8 Å². The first-order valence-electron chi connectivity index (χ1n) is 7.99. The van der Waals surface area contributed by atoms with Crippen molar-refractivity contribution in [1.29, 1.82) is 0 Å². The molecule has 0 radical (unpaired) electrons. The fourth-order valence-corrected chi connectivity index (χ4v) is 2.53. The molecule has 3 rings (SSSR count). The van der Waals surface area contributed by atoms with Crippen molar-refractivity contribution < 1.29 is 9.53 Å². The van der Waals surface area contributed by atoms with Gasteiger partial charge in [0.1, 0.15) is 12.4 Å². The predicted molar refractivity (Wildman–Crippen MR) is 96.1 cm³/mol. The van der Waals surface area contributed by atoms with Gasteiger partial charge in [-0.05, 0) is 28.5 Å². The highest BCUT2D eigenvalue weighted by atomic mass is 16.5. The van der Waals surface area contributed by atoms with Crippen molar-refractivity contribution in [3.8, 4) is 5.75 Å². The maximum absolute atomic E-state index is 11.9. The van der Waals surface area contributed by atoms with Crippen LogP contribution in [-0.4, -0.2) is 19.2 Å². The molecule has 0 fully saturated rings. The Bertz CT molecular complexity index is 798. The molecule has 0 aromatic heterocycles. The average molecular weight is 320 g/mol. The van der Waals surface area contributed by atoms with Crippen LogP contribution < -0.4 is 15.4 Å². The fraction of sp³-hybridized carbons (Fsp3) is 0.150. The van der Waals surface area contributed by atoms with Crippen LogP contribution in [0.3, 0.4) is 0 Å². The zero-order valence-electron chi connectivity index (χ0n) is 13.4. The summed E-state index contributed by atoms with van der Waals surface area (Å²) in [6, 6.07) is 23.6. The second kappa shape index (κ2) is 8.02. The number of para-hydroxylation sites is 1. The standard InChI is InChI=1S/C20H20N2O2/c23-20(21-13-14-24-18-10-2-1-3-11-18)22-15-17-9-6-8-16-7-4-5-12-19(16)17/h1-12H,13-15H2,(H2,21,22,23). The Morgan fingerprint density at radius 3 is 2.46 bits per heavy atom. The zero-order valence-corrected chi connectivity index (χ0v) is 13.4. The van der Waals surface area contributed by atoms with E-state index in [0.717, 1.165) is 16.7 Å². The van der Waals surface area contributed by atoms with E-state index in [1.165, 1.54) is 5.39 Å². The summed E-state index contributed by atoms with van der Waals surface area (Å²) in [6.45, 7) is 1.38. The van der Waals surface area contributed by atoms with E-state index in [-0.39, 0.29) is 6.03 Å². The first-order valence-corrected chi connectivity index (χ1v) is 7.99. The summed E-state index contributed by atoms with van der Waals surface area (Å²) < 4.78 is 5.53. The largest absolute Gasteiger partial charge is 0.492 e. The highest BCUT2D eigenvalue weighted by molar-refractivity contribution is 5.86. The van der Waals surface area contributed by atoms with Gasteiger partial charge in [-0.1, -0.05) is 60.7 Å². The highest BCUT2D eigenvalue weighted by Gasteiger charge is 2.03. The molecule has 0 heterocycles. The van der Waals surface area contributed by atoms with Gasteiger partial charge in [-0.15, -0.1) is 0 Å². The first kappa shape index (κ1) is 15.9. The topological polar surface area (TPSA) is 50.4 Å². The monoisotopic (exact) mass is 320 g/mol. The van der Waals surface area contributed by atoms with Gasteiger partial charge in [0.05, 0.1) is 6.54 Å². The van der Waals surface area contributed by atoms with Gasteiger partial charge >= 0.3 is 6.03 Å². The molecular weight excluding hydrogens is 300 g/mol. The number of carbonyl (C=O) groups excluding carboxylic acids is 1. The molecule has 2 amide bonds. The maximum atomic E-state index is 11.9. The molecule has 0 aliphatic heterocycles. The molecule has 122 valence electrons. The molecule has 0 aliphatic rings. The number of nitrogens with one attached hydrogen (secondary N) is 2. The van der Waals surface area contributed by atoms with Gasteiger partial charge in [0, 0.05) is 6.54 Å². The van der Waals surface area contributed by atoms with Crippen LogP contribution in [0.2, 0.25) is 0 Å². The molecule has 3 aromatic rings. The van der Waals surface area contributed by atoms with E-state index in [1.807, 2.05) is 54.6 Å². The number of hydrogen-bond acceptors (Lipinski definition) is 2. The van der Waals surface area contributed by atoms with Crippen LogP contribution in [0.4, 0.5) is 4.79 Å². The molecule has 0 spiro atoms. The molecule has 4 heteroatoms. The molecule has 0 saturated carbocycles. The lowest BCUT2D eigenvalue weighted by atomic mass is 10.0. The van der Waals surface area contributed by atoms with Gasteiger partial charge in [0.2, 0.25) is 0 Å². The van der Waals surface area contributed by atoms with E-state index in [4.69, 9.17) is 4.74 Å². The van der Waals surface area contributed by atoms with E-state index in [0.29, 0.717) is 19.7 Å². The number of ether oxygens (including phenoxy) is 1. The molecule has 0 unspecified atom stereocenters. The third-order valence-corrected chi connectivity index (χ3v) is 3.72. The molecule has 24 heavy (non-hydrogen) atoms. The quantitative estimate of drug-likeness (QED) is 0.680. The van der Waals surface area contributed by atoms with Gasteiger partial charge in [0.15, 0.2) is 0 Å². The Labute approximate surface area is 141 Å². The summed E-state index contributed by atoms with van der Waals surface area (Å²) in [5.74, 6) is 0.801. The Hall–Kier alpha value is -3.01. The molecular formula is C20H20N2O2. The second-order valence-electron chi connectivity index (χ2n) is 5.41. The minimum absolute atomic E-state index is 0.195. The number of benzene rings is 3. The number of rotatable bonds is 6. The third kappa shape index (κ3) is 4.26. The molecule has 3 aromatic carbocycles. The van der Waals surface area contributed by atoms with E-state index < -0.39 is 0 Å². The minimum atomic E-state index is -0.195. The predicted octanol–water partition coefficient (Wildman–Crippen LogP) is 3.72. The first-order chi connectivity index (χ1) is 11.8. The Morgan fingerprint density at radius 1 is 0.833 bits per heavy atom. The third-order valence-electron chi connectivity index (χ3n) is 3.72. The van der Waals surface area contributed by atoms with Gasteiger partial charge in [-0.25, -0.2) is 4.79 Å². The van der Waals surface area contributed by atoms with E-state index in [9.17, 15) is 4.79 Å². The van der Waals surface area contributed by atoms with Gasteiger partial charge in [-0.3, -0.25) is 0 Å². The number of carbonyl (C=O) groups is 1. The van der Waals surface area contributed by atoms with Gasteiger partial charge in [0.25, 0.3) is 0 Å². The molecule has 0 saturated heterocycles. The Kier molecular flexibility index (Phi) is 5.30. The minimum Gasteiger partial charge on any atom is -0.492 e. The van der Waals surface area contributed by atoms with Crippen molar-refractivity contribution in [2.24, 2.45) is 0 Å². The summed E-state index contributed by atoms with van der Waals surface area (Å²) in [7, 11) is 0. The van der Waals surface area contributed by atoms with Gasteiger partial charge in [-0.2, -0.15) is 0 Å². The summed E-state index contributed by atoms with van der Waals surface area (Å²) in [4.78, 5) is 11.9. The number of amides is 2. The van der Waals surface area contributed by atoms with Crippen LogP contribution in [-0.2, 0) is 6.54 Å². The Balaban J connectivity index is 1.44. The van der Waals surface area contributed by atoms with Crippen LogP contribution in [0.5, 0.6) is 5.75 Å². The lowest BCUT2D eigenvalue weighted by Crippen LogP contribution is -2.37.